The quantitative estimate of drug-likeness (QED) is 0.524. The average molecular weight is 278 g/mol. The van der Waals surface area contributed by atoms with Crippen LogP contribution in [0.3, 0.4) is 0 Å². The molecule has 0 aliphatic heterocycles. The lowest BCUT2D eigenvalue weighted by molar-refractivity contribution is 0.442. The average Bonchev–Trinajstić information content (AvgIpc) is 3.14. The van der Waals surface area contributed by atoms with Crippen LogP contribution in [0.5, 0.6) is 0 Å². The third-order valence-corrected chi connectivity index (χ3v) is 5.85. The minimum atomic E-state index is 0. The molecule has 5 rings (SSSR count). The summed E-state index contributed by atoms with van der Waals surface area (Å²) in [5.74, 6) is 1.59. The highest BCUT2D eigenvalue weighted by atomic mass is 14.6. The maximum absolute atomic E-state index is 2.40. The molecule has 3 aliphatic carbocycles. The van der Waals surface area contributed by atoms with Crippen molar-refractivity contribution >= 4 is 0 Å². The molecule has 3 aliphatic rings. The molecule has 0 heteroatoms. The van der Waals surface area contributed by atoms with E-state index in [1.807, 2.05) is 0 Å². The molecule has 0 radical (unpaired) electrons. The van der Waals surface area contributed by atoms with E-state index in [2.05, 4.69) is 48.5 Å². The molecule has 0 amide bonds. The van der Waals surface area contributed by atoms with Crippen LogP contribution in [0.4, 0.5) is 0 Å². The highest BCUT2D eigenvalue weighted by Crippen LogP contribution is 2.71. The number of fused-ring (bicyclic) bond motifs is 7. The van der Waals surface area contributed by atoms with Crippen molar-refractivity contribution in [1.29, 1.82) is 0 Å². The van der Waals surface area contributed by atoms with Crippen molar-refractivity contribution in [3.63, 3.8) is 0 Å². The van der Waals surface area contributed by atoms with Crippen LogP contribution in [-0.2, 0) is 0 Å². The van der Waals surface area contributed by atoms with E-state index >= 15 is 0 Å². The van der Waals surface area contributed by atoms with Crippen LogP contribution in [-0.4, -0.2) is 0 Å². The third kappa shape index (κ3) is 1.75. The molecule has 21 heavy (non-hydrogen) atoms. The molecule has 2 aromatic rings. The van der Waals surface area contributed by atoms with E-state index in [4.69, 9.17) is 0 Å². The van der Waals surface area contributed by atoms with Crippen LogP contribution >= 0.6 is 0 Å². The van der Waals surface area contributed by atoms with Gasteiger partial charge in [-0.2, -0.15) is 0 Å². The monoisotopic (exact) mass is 278 g/mol. The lowest BCUT2D eigenvalue weighted by Gasteiger charge is -2.34. The van der Waals surface area contributed by atoms with E-state index in [0.29, 0.717) is 5.41 Å². The van der Waals surface area contributed by atoms with Crippen molar-refractivity contribution in [2.75, 3.05) is 0 Å². The second-order valence-electron chi connectivity index (χ2n) is 6.66. The molecule has 0 nitrogen and oxygen atoms in total. The molecule has 0 aromatic heterocycles. The maximum atomic E-state index is 2.40. The molecular weight excluding hydrogens is 252 g/mol. The fourth-order valence-electron chi connectivity index (χ4n) is 4.87. The number of hydrogen-bond acceptors (Lipinski definition) is 0. The van der Waals surface area contributed by atoms with Crippen molar-refractivity contribution in [2.24, 2.45) is 5.41 Å². The molecular formula is C21H26. The Morgan fingerprint density at radius 3 is 1.95 bits per heavy atom. The first-order chi connectivity index (χ1) is 9.39. The minimum Gasteiger partial charge on any atom is -0.0776 e. The first kappa shape index (κ1) is 14.4. The topological polar surface area (TPSA) is 0 Å². The summed E-state index contributed by atoms with van der Waals surface area (Å²) in [4.78, 5) is 0. The van der Waals surface area contributed by atoms with E-state index in [1.165, 1.54) is 36.8 Å². The smallest absolute Gasteiger partial charge is 0.00301 e. The number of benzene rings is 2. The van der Waals surface area contributed by atoms with Crippen molar-refractivity contribution in [2.45, 2.75) is 52.4 Å². The van der Waals surface area contributed by atoms with Gasteiger partial charge in [0.05, 0.1) is 0 Å². The van der Waals surface area contributed by atoms with Crippen molar-refractivity contribution < 1.29 is 0 Å². The summed E-state index contributed by atoms with van der Waals surface area (Å²) in [6.07, 6.45) is 5.77. The summed E-state index contributed by atoms with van der Waals surface area (Å²) in [5.41, 5.74) is 6.94. The Morgan fingerprint density at radius 1 is 0.714 bits per heavy atom. The van der Waals surface area contributed by atoms with Gasteiger partial charge < -0.3 is 0 Å². The summed E-state index contributed by atoms with van der Waals surface area (Å²) in [7, 11) is 0. The lowest BCUT2D eigenvalue weighted by atomic mass is 9.70. The van der Waals surface area contributed by atoms with Gasteiger partial charge in [-0.15, -0.1) is 0 Å². The maximum Gasteiger partial charge on any atom is -0.00301 e. The second-order valence-corrected chi connectivity index (χ2v) is 6.66. The van der Waals surface area contributed by atoms with Crippen LogP contribution < -0.4 is 0 Å². The molecule has 1 spiro atoms. The van der Waals surface area contributed by atoms with Gasteiger partial charge in [0, 0.05) is 0 Å². The van der Waals surface area contributed by atoms with Crippen molar-refractivity contribution in [3.8, 4) is 11.1 Å². The van der Waals surface area contributed by atoms with Crippen molar-refractivity contribution in [3.05, 3.63) is 59.7 Å². The summed E-state index contributed by atoms with van der Waals surface area (Å²) in [5, 5.41) is 0. The molecule has 0 bridgehead atoms. The van der Waals surface area contributed by atoms with Gasteiger partial charge in [-0.1, -0.05) is 63.4 Å². The molecule has 2 atom stereocenters. The highest BCUT2D eigenvalue weighted by Gasteiger charge is 2.58. The van der Waals surface area contributed by atoms with Crippen LogP contribution in [0, 0.1) is 5.41 Å². The molecule has 2 fully saturated rings. The lowest BCUT2D eigenvalue weighted by Crippen LogP contribution is -2.18. The van der Waals surface area contributed by atoms with Gasteiger partial charge in [0.2, 0.25) is 0 Å². The molecule has 2 saturated carbocycles. The molecule has 110 valence electrons. The molecule has 2 aromatic carbocycles. The zero-order chi connectivity index (χ0) is 12.4. The Labute approximate surface area is 129 Å². The zero-order valence-electron chi connectivity index (χ0n) is 11.1. The fraction of sp³-hybridized carbons (Fsp3) is 0.429. The normalized spacial score (nSPS) is 25.9. The van der Waals surface area contributed by atoms with Gasteiger partial charge >= 0.3 is 0 Å². The van der Waals surface area contributed by atoms with E-state index < -0.39 is 0 Å². The predicted molar refractivity (Wildman–Crippen MR) is 91.7 cm³/mol. The van der Waals surface area contributed by atoms with Crippen molar-refractivity contribution in [1.82, 2.24) is 0 Å². The Hall–Kier alpha value is -1.56. The van der Waals surface area contributed by atoms with E-state index in [-0.39, 0.29) is 14.9 Å². The Balaban J connectivity index is 0.000000661. The number of hydrogen-bond donors (Lipinski definition) is 0. The zero-order valence-corrected chi connectivity index (χ0v) is 11.1. The Kier molecular flexibility index (Phi) is 3.24. The van der Waals surface area contributed by atoms with E-state index in [0.717, 1.165) is 11.8 Å². The summed E-state index contributed by atoms with van der Waals surface area (Å²) >= 11 is 0. The van der Waals surface area contributed by atoms with Crippen LogP contribution in [0.1, 0.15) is 63.5 Å². The van der Waals surface area contributed by atoms with Crippen LogP contribution in [0.15, 0.2) is 48.5 Å². The molecule has 0 saturated heterocycles. The fourth-order valence-corrected chi connectivity index (χ4v) is 4.87. The SMILES string of the molecule is C.C.c1ccc2c(c1)-c1ccccc1C1C2CCC12CC2. The van der Waals surface area contributed by atoms with E-state index in [1.54, 1.807) is 11.1 Å². The van der Waals surface area contributed by atoms with Gasteiger partial charge in [-0.25, -0.2) is 0 Å². The Morgan fingerprint density at radius 2 is 1.29 bits per heavy atom. The first-order valence-corrected chi connectivity index (χ1v) is 7.57. The Bertz CT molecular complexity index is 663. The van der Waals surface area contributed by atoms with Gasteiger partial charge in [0.1, 0.15) is 0 Å². The first-order valence-electron chi connectivity index (χ1n) is 7.57. The predicted octanol–water partition coefficient (Wildman–Crippen LogP) is 6.38. The van der Waals surface area contributed by atoms with Gasteiger partial charge in [-0.05, 0) is 65.2 Å². The standard InChI is InChI=1S/C19H18.2CH4/c1-2-7-15-13(5-1)14-6-3-4-8-16(14)18-17(15)9-10-19(18)11-12-19;;/h1-8,17-18H,9-12H2;2*1H4. The summed E-state index contributed by atoms with van der Waals surface area (Å²) in [6, 6.07) is 18.3. The number of rotatable bonds is 0. The molecule has 0 N–H and O–H groups in total. The summed E-state index contributed by atoms with van der Waals surface area (Å²) in [6.45, 7) is 0. The molecule has 0 heterocycles. The van der Waals surface area contributed by atoms with Gasteiger partial charge in [0.15, 0.2) is 0 Å². The minimum absolute atomic E-state index is 0. The van der Waals surface area contributed by atoms with Gasteiger partial charge in [-0.3, -0.25) is 0 Å². The largest absolute Gasteiger partial charge is 0.0776 e. The van der Waals surface area contributed by atoms with Gasteiger partial charge in [0.25, 0.3) is 0 Å². The third-order valence-electron chi connectivity index (χ3n) is 5.85. The highest BCUT2D eigenvalue weighted by molar-refractivity contribution is 5.76. The van der Waals surface area contributed by atoms with Crippen LogP contribution in [0.2, 0.25) is 0 Å². The molecule has 2 unspecified atom stereocenters. The second kappa shape index (κ2) is 4.73. The van der Waals surface area contributed by atoms with Crippen LogP contribution in [0.25, 0.3) is 11.1 Å². The summed E-state index contributed by atoms with van der Waals surface area (Å²) < 4.78 is 0. The van der Waals surface area contributed by atoms with E-state index in [9.17, 15) is 0 Å².